The number of hydrogen-bond acceptors (Lipinski definition) is 8. The van der Waals surface area contributed by atoms with Crippen LogP contribution < -0.4 is 9.44 Å². The number of ether oxygens (including phenoxy) is 1. The van der Waals surface area contributed by atoms with Gasteiger partial charge in [0.2, 0.25) is 5.91 Å². The average Bonchev–Trinajstić information content (AvgIpc) is 2.67. The number of aliphatic carboxylic acids is 2. The van der Waals surface area contributed by atoms with Crippen LogP contribution in [0.15, 0.2) is 5.11 Å². The molecule has 15 nitrogen and oxygen atoms in total. The van der Waals surface area contributed by atoms with Crippen molar-refractivity contribution >= 4 is 34.1 Å². The zero-order valence-corrected chi connectivity index (χ0v) is 22.2. The highest BCUT2D eigenvalue weighted by molar-refractivity contribution is 7.88. The minimum Gasteiger partial charge on any atom is -0.481 e. The third-order valence-electron chi connectivity index (χ3n) is 5.54. The van der Waals surface area contributed by atoms with Gasteiger partial charge in [-0.3, -0.25) is 14.4 Å². The fourth-order valence-corrected chi connectivity index (χ4v) is 5.06. The number of carboxylic acid groups (broad SMARTS) is 2. The first-order valence-corrected chi connectivity index (χ1v) is 12.5. The molecule has 0 aromatic heterocycles. The van der Waals surface area contributed by atoms with Gasteiger partial charge >= 0.3 is 28.2 Å². The molecule has 4 N–H and O–H groups in total. The van der Waals surface area contributed by atoms with E-state index in [0.717, 1.165) is 0 Å². The molecular formula is C20H36N6O9S. The molecule has 0 radical (unpaired) electrons. The van der Waals surface area contributed by atoms with Gasteiger partial charge in [-0.15, -0.1) is 0 Å². The number of nitrogens with zero attached hydrogens (tertiary/aromatic N) is 4. The van der Waals surface area contributed by atoms with Crippen LogP contribution in [0.25, 0.3) is 10.4 Å². The molecule has 36 heavy (non-hydrogen) atoms. The summed E-state index contributed by atoms with van der Waals surface area (Å²) in [7, 11) is -4.42. The fourth-order valence-electron chi connectivity index (χ4n) is 4.34. The van der Waals surface area contributed by atoms with Gasteiger partial charge in [-0.25, -0.2) is 9.52 Å². The van der Waals surface area contributed by atoms with E-state index >= 15 is 0 Å². The highest BCUT2D eigenvalue weighted by Gasteiger charge is 2.57. The summed E-state index contributed by atoms with van der Waals surface area (Å²) in [5.74, 6) is -3.04. The molecule has 16 heteroatoms. The van der Waals surface area contributed by atoms with Crippen LogP contribution in [0.2, 0.25) is 0 Å². The number of amides is 2. The lowest BCUT2D eigenvalue weighted by atomic mass is 9.57. The average molecular weight is 537 g/mol. The van der Waals surface area contributed by atoms with E-state index in [0.29, 0.717) is 0 Å². The molecule has 0 atom stereocenters. The summed E-state index contributed by atoms with van der Waals surface area (Å²) in [5, 5.41) is 22.1. The highest BCUT2D eigenvalue weighted by Crippen LogP contribution is 2.51. The number of azide groups is 1. The van der Waals surface area contributed by atoms with Crippen molar-refractivity contribution in [3.63, 3.8) is 0 Å². The number of carboxylic acids is 2. The summed E-state index contributed by atoms with van der Waals surface area (Å²) in [6.45, 7) is 9.20. The lowest BCUT2D eigenvalue weighted by Gasteiger charge is -2.59. The summed E-state index contributed by atoms with van der Waals surface area (Å²) < 4.78 is 32.3. The van der Waals surface area contributed by atoms with E-state index in [4.69, 9.17) is 5.53 Å². The Morgan fingerprint density at radius 3 is 2.00 bits per heavy atom. The highest BCUT2D eigenvalue weighted by atomic mass is 32.2. The van der Waals surface area contributed by atoms with Gasteiger partial charge in [0.05, 0.1) is 31.5 Å². The van der Waals surface area contributed by atoms with Crippen LogP contribution in [-0.4, -0.2) is 79.2 Å². The third-order valence-corrected chi connectivity index (χ3v) is 6.56. The van der Waals surface area contributed by atoms with E-state index in [9.17, 15) is 37.8 Å². The molecule has 0 rings (SSSR count). The molecular weight excluding hydrogens is 500 g/mol. The minimum absolute atomic E-state index is 0.197. The molecule has 0 fully saturated rings. The molecule has 2 amide bonds. The van der Waals surface area contributed by atoms with Crippen molar-refractivity contribution in [2.75, 3.05) is 26.2 Å². The smallest absolute Gasteiger partial charge is 0.421 e. The Kier molecular flexibility index (Phi) is 12.1. The van der Waals surface area contributed by atoms with Crippen LogP contribution >= 0.6 is 0 Å². The van der Waals surface area contributed by atoms with Gasteiger partial charge in [-0.05, 0) is 16.4 Å². The maximum atomic E-state index is 13.3. The van der Waals surface area contributed by atoms with Crippen molar-refractivity contribution in [2.45, 2.75) is 66.3 Å². The lowest BCUT2D eigenvalue weighted by Crippen LogP contribution is -2.67. The number of rotatable bonds is 14. The Hall–Kier alpha value is -3.10. The first kappa shape index (κ1) is 32.9. The summed E-state index contributed by atoms with van der Waals surface area (Å²) in [6, 6.07) is 0. The molecule has 0 bridgehead atoms. The van der Waals surface area contributed by atoms with Crippen molar-refractivity contribution in [3.8, 4) is 0 Å². The van der Waals surface area contributed by atoms with Gasteiger partial charge in [-0.1, -0.05) is 46.7 Å². The van der Waals surface area contributed by atoms with Crippen molar-refractivity contribution < 1.29 is 42.5 Å². The second kappa shape index (κ2) is 13.3. The zero-order valence-electron chi connectivity index (χ0n) is 21.4. The topological polar surface area (TPSA) is 228 Å². The number of nitrogens with one attached hydrogen (secondary N) is 2. The van der Waals surface area contributed by atoms with Crippen LogP contribution in [0, 0.1) is 10.8 Å². The second-order valence-electron chi connectivity index (χ2n) is 9.96. The first-order valence-electron chi connectivity index (χ1n) is 11.0. The van der Waals surface area contributed by atoms with Gasteiger partial charge in [0.25, 0.3) is 0 Å². The van der Waals surface area contributed by atoms with Crippen LogP contribution in [0.1, 0.15) is 60.8 Å². The van der Waals surface area contributed by atoms with Crippen molar-refractivity contribution in [1.82, 2.24) is 14.3 Å². The number of carbonyl (C=O) groups is 4. The van der Waals surface area contributed by atoms with E-state index in [1.54, 1.807) is 46.3 Å². The van der Waals surface area contributed by atoms with Gasteiger partial charge in [0, 0.05) is 24.4 Å². The maximum Gasteiger partial charge on any atom is 0.421 e. The van der Waals surface area contributed by atoms with Gasteiger partial charge in [-0.2, -0.15) is 13.1 Å². The largest absolute Gasteiger partial charge is 0.481 e. The van der Waals surface area contributed by atoms with Crippen LogP contribution in [0.4, 0.5) is 4.79 Å². The third kappa shape index (κ3) is 9.87. The molecule has 0 aliphatic heterocycles. The van der Waals surface area contributed by atoms with E-state index in [1.165, 1.54) is 4.90 Å². The summed E-state index contributed by atoms with van der Waals surface area (Å²) in [5.41, 5.74) is 5.16. The summed E-state index contributed by atoms with van der Waals surface area (Å²) in [6.07, 6.45) is -2.69. The van der Waals surface area contributed by atoms with Gasteiger partial charge < -0.3 is 19.8 Å². The SMILES string of the molecule is CC(C)(C)C(CC(=O)O)(N(CCC(=O)O)C(=O)CCNS(=O)(=O)NC(=O)OCCN=[N+]=[N-])C(C)(C)C. The Morgan fingerprint density at radius 1 is 1.00 bits per heavy atom. The molecule has 0 aliphatic rings. The monoisotopic (exact) mass is 536 g/mol. The van der Waals surface area contributed by atoms with Crippen LogP contribution in [-0.2, 0) is 29.3 Å². The minimum atomic E-state index is -4.42. The van der Waals surface area contributed by atoms with Crippen LogP contribution in [0.3, 0.4) is 0 Å². The summed E-state index contributed by atoms with van der Waals surface area (Å²) >= 11 is 0. The Bertz CT molecular complexity index is 949. The normalized spacial score (nSPS) is 12.3. The molecule has 0 unspecified atom stereocenters. The Morgan fingerprint density at radius 2 is 1.56 bits per heavy atom. The molecule has 0 aliphatic carbocycles. The maximum absolute atomic E-state index is 13.3. The first-order chi connectivity index (χ1) is 16.3. The Balaban J connectivity index is 5.78. The molecule has 0 aromatic carbocycles. The van der Waals surface area contributed by atoms with Crippen molar-refractivity contribution in [2.24, 2.45) is 15.9 Å². The van der Waals surface area contributed by atoms with Crippen molar-refractivity contribution in [3.05, 3.63) is 10.4 Å². The molecule has 0 saturated heterocycles. The molecule has 0 aromatic rings. The standard InChI is InChI=1S/C20H36N6O9S/c1-18(2,3)20(13-16(30)31,19(4,5)6)26(11-8-15(28)29)14(27)7-9-23-36(33,34)24-17(32)35-12-10-22-25-21/h23H,7-13H2,1-6H3,(H,24,32)(H,28,29)(H,30,31). The van der Waals surface area contributed by atoms with E-state index in [1.807, 2.05) is 4.72 Å². The van der Waals surface area contributed by atoms with E-state index < -0.39 is 76.3 Å². The van der Waals surface area contributed by atoms with Crippen LogP contribution in [0.5, 0.6) is 0 Å². The molecule has 206 valence electrons. The van der Waals surface area contributed by atoms with Crippen molar-refractivity contribution in [1.29, 1.82) is 0 Å². The number of carbonyl (C=O) groups excluding carboxylic acids is 2. The molecule has 0 saturated carbocycles. The molecule has 0 heterocycles. The number of hydrogen-bond donors (Lipinski definition) is 4. The quantitative estimate of drug-likeness (QED) is 0.110. The zero-order chi connectivity index (χ0) is 28.4. The molecule has 0 spiro atoms. The fraction of sp³-hybridized carbons (Fsp3) is 0.800. The van der Waals surface area contributed by atoms with Gasteiger partial charge in [0.1, 0.15) is 0 Å². The predicted molar refractivity (Wildman–Crippen MR) is 128 cm³/mol. The lowest BCUT2D eigenvalue weighted by molar-refractivity contribution is -0.165. The Labute approximate surface area is 210 Å². The van der Waals surface area contributed by atoms with E-state index in [-0.39, 0.29) is 19.7 Å². The second-order valence-corrected chi connectivity index (χ2v) is 11.5. The predicted octanol–water partition coefficient (Wildman–Crippen LogP) is 1.86. The van der Waals surface area contributed by atoms with E-state index in [2.05, 4.69) is 14.8 Å². The summed E-state index contributed by atoms with van der Waals surface area (Å²) in [4.78, 5) is 51.8. The van der Waals surface area contributed by atoms with Gasteiger partial charge in [0.15, 0.2) is 0 Å².